The van der Waals surface area contributed by atoms with Gasteiger partial charge in [-0.1, -0.05) is 12.1 Å². The zero-order valence-electron chi connectivity index (χ0n) is 11.7. The molecule has 0 aliphatic heterocycles. The highest BCUT2D eigenvalue weighted by molar-refractivity contribution is 5.96. The summed E-state index contributed by atoms with van der Waals surface area (Å²) in [5.74, 6) is -0.372. The van der Waals surface area contributed by atoms with Gasteiger partial charge >= 0.3 is 11.9 Å². The van der Waals surface area contributed by atoms with Crippen LogP contribution >= 0.6 is 0 Å². The fraction of sp³-hybridized carbons (Fsp3) is 0.400. The predicted octanol–water partition coefficient (Wildman–Crippen LogP) is 2.53. The average Bonchev–Trinajstić information content (AvgIpc) is 2.42. The summed E-state index contributed by atoms with van der Waals surface area (Å²) < 4.78 is 9.45. The van der Waals surface area contributed by atoms with Crippen LogP contribution in [0.3, 0.4) is 0 Å². The maximum atomic E-state index is 11.9. The van der Waals surface area contributed by atoms with E-state index in [1.165, 1.54) is 14.0 Å². The Kier molecular flexibility index (Phi) is 6.43. The standard InChI is InChI=1S/C15H18O5/c1-11(16)20-13-7-5-6-12(10-13)14(17)8-3-4-9-15(18)19-2/h5-7,10H,3-4,8-9H2,1-2H3. The lowest BCUT2D eigenvalue weighted by molar-refractivity contribution is -0.140. The highest BCUT2D eigenvalue weighted by Gasteiger charge is 2.08. The largest absolute Gasteiger partial charge is 0.469 e. The molecule has 0 aromatic heterocycles. The number of ether oxygens (including phenoxy) is 2. The molecular weight excluding hydrogens is 260 g/mol. The number of methoxy groups -OCH3 is 1. The Balaban J connectivity index is 2.47. The number of ketones is 1. The lowest BCUT2D eigenvalue weighted by Gasteiger charge is -2.04. The molecule has 0 bridgehead atoms. The second-order valence-corrected chi connectivity index (χ2v) is 4.33. The molecule has 0 saturated carbocycles. The molecule has 0 saturated heterocycles. The first kappa shape index (κ1) is 15.9. The van der Waals surface area contributed by atoms with Crippen LogP contribution in [0.25, 0.3) is 0 Å². The van der Waals surface area contributed by atoms with Crippen molar-refractivity contribution in [1.29, 1.82) is 0 Å². The Morgan fingerprint density at radius 3 is 2.45 bits per heavy atom. The van der Waals surface area contributed by atoms with Crippen molar-refractivity contribution in [2.24, 2.45) is 0 Å². The zero-order chi connectivity index (χ0) is 15.0. The molecule has 20 heavy (non-hydrogen) atoms. The van der Waals surface area contributed by atoms with Gasteiger partial charge in [0.2, 0.25) is 0 Å². The van der Waals surface area contributed by atoms with Crippen LogP contribution in [0, 0.1) is 0 Å². The van der Waals surface area contributed by atoms with E-state index in [-0.39, 0.29) is 11.8 Å². The van der Waals surface area contributed by atoms with Gasteiger partial charge < -0.3 is 9.47 Å². The van der Waals surface area contributed by atoms with E-state index in [4.69, 9.17) is 4.74 Å². The SMILES string of the molecule is COC(=O)CCCCC(=O)c1cccc(OC(C)=O)c1. The van der Waals surface area contributed by atoms with Gasteiger partial charge in [-0.3, -0.25) is 14.4 Å². The van der Waals surface area contributed by atoms with Crippen LogP contribution in [-0.4, -0.2) is 24.8 Å². The summed E-state index contributed by atoms with van der Waals surface area (Å²) in [7, 11) is 1.34. The minimum absolute atomic E-state index is 0.0381. The van der Waals surface area contributed by atoms with Crippen molar-refractivity contribution in [2.45, 2.75) is 32.6 Å². The van der Waals surface area contributed by atoms with Gasteiger partial charge in [-0.25, -0.2) is 0 Å². The Hall–Kier alpha value is -2.17. The predicted molar refractivity (Wildman–Crippen MR) is 72.6 cm³/mol. The second-order valence-electron chi connectivity index (χ2n) is 4.33. The first-order chi connectivity index (χ1) is 9.52. The van der Waals surface area contributed by atoms with Crippen molar-refractivity contribution < 1.29 is 23.9 Å². The van der Waals surface area contributed by atoms with Crippen molar-refractivity contribution in [3.05, 3.63) is 29.8 Å². The molecule has 1 aromatic carbocycles. The van der Waals surface area contributed by atoms with E-state index in [0.29, 0.717) is 37.0 Å². The molecule has 0 atom stereocenters. The van der Waals surface area contributed by atoms with Crippen LogP contribution in [0.15, 0.2) is 24.3 Å². The van der Waals surface area contributed by atoms with Crippen molar-refractivity contribution in [3.63, 3.8) is 0 Å². The van der Waals surface area contributed by atoms with Gasteiger partial charge in [0.1, 0.15) is 5.75 Å². The third kappa shape index (κ3) is 5.65. The van der Waals surface area contributed by atoms with Gasteiger partial charge in [-0.05, 0) is 25.0 Å². The van der Waals surface area contributed by atoms with Crippen LogP contribution in [0.2, 0.25) is 0 Å². The van der Waals surface area contributed by atoms with Gasteiger partial charge in [0.15, 0.2) is 5.78 Å². The summed E-state index contributed by atoms with van der Waals surface area (Å²) in [6.07, 6.45) is 1.89. The Bertz CT molecular complexity index is 493. The number of benzene rings is 1. The van der Waals surface area contributed by atoms with E-state index in [0.717, 1.165) is 0 Å². The molecule has 0 N–H and O–H groups in total. The maximum absolute atomic E-state index is 11.9. The lowest BCUT2D eigenvalue weighted by Crippen LogP contribution is -2.04. The first-order valence-electron chi connectivity index (χ1n) is 6.41. The Labute approximate surface area is 117 Å². The van der Waals surface area contributed by atoms with Crippen LogP contribution < -0.4 is 4.74 Å². The molecule has 5 heteroatoms. The molecular formula is C15H18O5. The van der Waals surface area contributed by atoms with E-state index >= 15 is 0 Å². The smallest absolute Gasteiger partial charge is 0.308 e. The van der Waals surface area contributed by atoms with Gasteiger partial charge in [0.05, 0.1) is 7.11 Å². The fourth-order valence-electron chi connectivity index (χ4n) is 1.70. The van der Waals surface area contributed by atoms with Crippen molar-refractivity contribution in [1.82, 2.24) is 0 Å². The Morgan fingerprint density at radius 1 is 1.10 bits per heavy atom. The van der Waals surface area contributed by atoms with Crippen LogP contribution in [0.5, 0.6) is 5.75 Å². The first-order valence-corrected chi connectivity index (χ1v) is 6.41. The molecule has 0 aliphatic rings. The molecule has 0 aliphatic carbocycles. The molecule has 0 heterocycles. The van der Waals surface area contributed by atoms with Crippen molar-refractivity contribution in [3.8, 4) is 5.75 Å². The van der Waals surface area contributed by atoms with Crippen molar-refractivity contribution in [2.75, 3.05) is 7.11 Å². The minimum Gasteiger partial charge on any atom is -0.469 e. The maximum Gasteiger partial charge on any atom is 0.308 e. The molecule has 0 radical (unpaired) electrons. The topological polar surface area (TPSA) is 69.7 Å². The molecule has 1 rings (SSSR count). The van der Waals surface area contributed by atoms with Crippen LogP contribution in [0.1, 0.15) is 43.0 Å². The quantitative estimate of drug-likeness (QED) is 0.332. The van der Waals surface area contributed by atoms with E-state index in [2.05, 4.69) is 4.74 Å². The second kappa shape index (κ2) is 8.09. The third-order valence-electron chi connectivity index (χ3n) is 2.68. The van der Waals surface area contributed by atoms with Gasteiger partial charge in [0, 0.05) is 25.3 Å². The molecule has 5 nitrogen and oxygen atoms in total. The molecule has 108 valence electrons. The van der Waals surface area contributed by atoms with Gasteiger partial charge in [0.25, 0.3) is 0 Å². The number of hydrogen-bond donors (Lipinski definition) is 0. The molecule has 1 aromatic rings. The summed E-state index contributed by atoms with van der Waals surface area (Å²) in [6.45, 7) is 1.31. The number of hydrogen-bond acceptors (Lipinski definition) is 5. The van der Waals surface area contributed by atoms with Crippen LogP contribution in [-0.2, 0) is 14.3 Å². The Morgan fingerprint density at radius 2 is 1.80 bits per heavy atom. The molecule has 0 amide bonds. The number of esters is 2. The monoisotopic (exact) mass is 278 g/mol. The van der Waals surface area contributed by atoms with E-state index < -0.39 is 5.97 Å². The summed E-state index contributed by atoms with van der Waals surface area (Å²) >= 11 is 0. The summed E-state index contributed by atoms with van der Waals surface area (Å²) in [5.41, 5.74) is 0.502. The highest BCUT2D eigenvalue weighted by atomic mass is 16.5. The van der Waals surface area contributed by atoms with Gasteiger partial charge in [-0.15, -0.1) is 0 Å². The van der Waals surface area contributed by atoms with E-state index in [1.54, 1.807) is 24.3 Å². The van der Waals surface area contributed by atoms with Crippen LogP contribution in [0.4, 0.5) is 0 Å². The molecule has 0 fully saturated rings. The zero-order valence-corrected chi connectivity index (χ0v) is 11.7. The number of carbonyl (C=O) groups excluding carboxylic acids is 3. The lowest BCUT2D eigenvalue weighted by atomic mass is 10.0. The number of Topliss-reactive ketones (excluding diaryl/α,β-unsaturated/α-hetero) is 1. The summed E-state index contributed by atoms with van der Waals surface area (Å²) in [6, 6.07) is 6.51. The van der Waals surface area contributed by atoms with Crippen molar-refractivity contribution >= 4 is 17.7 Å². The fourth-order valence-corrected chi connectivity index (χ4v) is 1.70. The minimum atomic E-state index is -0.423. The summed E-state index contributed by atoms with van der Waals surface area (Å²) in [5, 5.41) is 0. The van der Waals surface area contributed by atoms with E-state index in [1.807, 2.05) is 0 Å². The van der Waals surface area contributed by atoms with E-state index in [9.17, 15) is 14.4 Å². The number of unbranched alkanes of at least 4 members (excludes halogenated alkanes) is 1. The molecule has 0 unspecified atom stereocenters. The highest BCUT2D eigenvalue weighted by Crippen LogP contribution is 2.16. The summed E-state index contributed by atoms with van der Waals surface area (Å²) in [4.78, 5) is 33.7. The molecule has 0 spiro atoms. The van der Waals surface area contributed by atoms with Gasteiger partial charge in [-0.2, -0.15) is 0 Å². The third-order valence-corrected chi connectivity index (χ3v) is 2.68. The normalized spacial score (nSPS) is 9.90. The average molecular weight is 278 g/mol. The number of carbonyl (C=O) groups is 3. The number of rotatable bonds is 7.